The number of nitro benzene ring substituents is 2. The molecule has 26 heavy (non-hydrogen) atoms. The van der Waals surface area contributed by atoms with Crippen LogP contribution >= 0.6 is 11.8 Å². The summed E-state index contributed by atoms with van der Waals surface area (Å²) in [7, 11) is 1.72. The van der Waals surface area contributed by atoms with E-state index >= 15 is 0 Å². The van der Waals surface area contributed by atoms with E-state index in [0.29, 0.717) is 16.7 Å². The molecule has 10 heteroatoms. The van der Waals surface area contributed by atoms with Crippen LogP contribution in [0.1, 0.15) is 5.56 Å². The van der Waals surface area contributed by atoms with Crippen LogP contribution in [0.2, 0.25) is 0 Å². The zero-order valence-electron chi connectivity index (χ0n) is 13.6. The van der Waals surface area contributed by atoms with Gasteiger partial charge in [-0.05, 0) is 5.56 Å². The first-order chi connectivity index (χ1) is 12.5. The van der Waals surface area contributed by atoms with E-state index in [1.165, 1.54) is 23.9 Å². The van der Waals surface area contributed by atoms with E-state index < -0.39 is 9.85 Å². The van der Waals surface area contributed by atoms with Crippen molar-refractivity contribution in [2.24, 2.45) is 7.05 Å². The third-order valence-corrected chi connectivity index (χ3v) is 4.72. The molecule has 0 aliphatic rings. The summed E-state index contributed by atoms with van der Waals surface area (Å²) < 4.78 is 1.66. The summed E-state index contributed by atoms with van der Waals surface area (Å²) in [6.45, 7) is 0. The predicted molar refractivity (Wildman–Crippen MR) is 95.8 cm³/mol. The first-order valence-electron chi connectivity index (χ1n) is 7.46. The van der Waals surface area contributed by atoms with Gasteiger partial charge in [0.2, 0.25) is 0 Å². The number of nitro groups is 2. The topological polar surface area (TPSA) is 117 Å². The molecule has 0 unspecified atom stereocenters. The highest BCUT2D eigenvalue weighted by atomic mass is 32.2. The van der Waals surface area contributed by atoms with Crippen LogP contribution in [0.4, 0.5) is 11.4 Å². The average molecular weight is 371 g/mol. The molecule has 0 spiro atoms. The van der Waals surface area contributed by atoms with Gasteiger partial charge in [0.1, 0.15) is 0 Å². The lowest BCUT2D eigenvalue weighted by atomic mass is 10.1. The first-order valence-corrected chi connectivity index (χ1v) is 8.44. The van der Waals surface area contributed by atoms with Gasteiger partial charge in [-0.15, -0.1) is 10.2 Å². The summed E-state index contributed by atoms with van der Waals surface area (Å²) in [6, 6.07) is 13.2. The number of aromatic nitrogens is 3. The average Bonchev–Trinajstić information content (AvgIpc) is 3.01. The second-order valence-corrected chi connectivity index (χ2v) is 6.33. The third-order valence-electron chi connectivity index (χ3n) is 3.63. The van der Waals surface area contributed by atoms with E-state index in [2.05, 4.69) is 10.2 Å². The van der Waals surface area contributed by atoms with Crippen molar-refractivity contribution in [3.63, 3.8) is 0 Å². The third kappa shape index (κ3) is 3.70. The summed E-state index contributed by atoms with van der Waals surface area (Å²) in [5, 5.41) is 30.8. The fraction of sp³-hybridized carbons (Fsp3) is 0.125. The van der Waals surface area contributed by atoms with Crippen LogP contribution in [-0.2, 0) is 12.8 Å². The van der Waals surface area contributed by atoms with Crippen LogP contribution in [-0.4, -0.2) is 24.6 Å². The number of rotatable bonds is 6. The van der Waals surface area contributed by atoms with E-state index in [4.69, 9.17) is 0 Å². The molecule has 2 aromatic carbocycles. The first kappa shape index (κ1) is 17.5. The molecule has 0 N–H and O–H groups in total. The van der Waals surface area contributed by atoms with Crippen molar-refractivity contribution in [3.05, 3.63) is 74.3 Å². The van der Waals surface area contributed by atoms with Crippen molar-refractivity contribution in [1.29, 1.82) is 0 Å². The Hall–Kier alpha value is -3.27. The maximum Gasteiger partial charge on any atom is 0.277 e. The molecule has 9 nitrogen and oxygen atoms in total. The fourth-order valence-corrected chi connectivity index (χ4v) is 3.22. The Morgan fingerprint density at radius 1 is 1.00 bits per heavy atom. The zero-order chi connectivity index (χ0) is 18.7. The number of non-ortho nitro benzene ring substituents is 2. The van der Waals surface area contributed by atoms with Crippen LogP contribution in [0.3, 0.4) is 0 Å². The molecule has 3 aromatic rings. The minimum atomic E-state index is -0.669. The van der Waals surface area contributed by atoms with Gasteiger partial charge in [-0.3, -0.25) is 20.2 Å². The highest BCUT2D eigenvalue weighted by Gasteiger charge is 2.20. The van der Waals surface area contributed by atoms with Gasteiger partial charge >= 0.3 is 0 Å². The summed E-state index contributed by atoms with van der Waals surface area (Å²) in [6.07, 6.45) is 0. The molecule has 0 fully saturated rings. The lowest BCUT2D eigenvalue weighted by molar-refractivity contribution is -0.394. The van der Waals surface area contributed by atoms with E-state index in [0.717, 1.165) is 11.6 Å². The van der Waals surface area contributed by atoms with Crippen LogP contribution in [0, 0.1) is 20.2 Å². The maximum absolute atomic E-state index is 11.0. The van der Waals surface area contributed by atoms with Crippen molar-refractivity contribution in [2.75, 3.05) is 0 Å². The van der Waals surface area contributed by atoms with Crippen molar-refractivity contribution in [3.8, 4) is 11.4 Å². The molecule has 0 saturated carbocycles. The molecule has 3 rings (SSSR count). The molecule has 1 aromatic heterocycles. The highest BCUT2D eigenvalue weighted by Crippen LogP contribution is 2.30. The molecule has 0 aliphatic carbocycles. The Bertz CT molecular complexity index is 942. The maximum atomic E-state index is 11.0. The second-order valence-electron chi connectivity index (χ2n) is 5.39. The van der Waals surface area contributed by atoms with Gasteiger partial charge in [0.05, 0.1) is 15.9 Å². The summed E-state index contributed by atoms with van der Waals surface area (Å²) >= 11 is 1.46. The standard InChI is InChI=1S/C16H13N5O4S/c1-19-15(12-7-13(20(22)23)9-14(8-12)21(24)25)17-18-16(19)26-10-11-5-3-2-4-6-11/h2-9H,10H2,1H3. The van der Waals surface area contributed by atoms with Gasteiger partial charge in [0.15, 0.2) is 11.0 Å². The van der Waals surface area contributed by atoms with Crippen molar-refractivity contribution in [2.45, 2.75) is 10.9 Å². The minimum Gasteiger partial charge on any atom is -0.305 e. The Morgan fingerprint density at radius 2 is 1.62 bits per heavy atom. The molecular weight excluding hydrogens is 358 g/mol. The van der Waals surface area contributed by atoms with Crippen molar-refractivity contribution >= 4 is 23.1 Å². The van der Waals surface area contributed by atoms with E-state index in [1.807, 2.05) is 30.3 Å². The van der Waals surface area contributed by atoms with Crippen LogP contribution < -0.4 is 0 Å². The SMILES string of the molecule is Cn1c(SCc2ccccc2)nnc1-c1cc([N+](=O)[O-])cc([N+](=O)[O-])c1. The number of benzene rings is 2. The molecule has 0 radical (unpaired) electrons. The number of thioether (sulfide) groups is 1. The van der Waals surface area contributed by atoms with Crippen molar-refractivity contribution < 1.29 is 9.85 Å². The van der Waals surface area contributed by atoms with Crippen molar-refractivity contribution in [1.82, 2.24) is 14.8 Å². The lowest BCUT2D eigenvalue weighted by Gasteiger charge is -2.04. The smallest absolute Gasteiger partial charge is 0.277 e. The van der Waals surface area contributed by atoms with Crippen LogP contribution in [0.15, 0.2) is 53.7 Å². The van der Waals surface area contributed by atoms with Gasteiger partial charge in [-0.1, -0.05) is 42.1 Å². The molecule has 0 bridgehead atoms. The normalized spacial score (nSPS) is 10.7. The molecule has 0 amide bonds. The van der Waals surface area contributed by atoms with E-state index in [-0.39, 0.29) is 16.9 Å². The number of nitrogens with zero attached hydrogens (tertiary/aromatic N) is 5. The molecule has 0 aliphatic heterocycles. The summed E-state index contributed by atoms with van der Waals surface area (Å²) in [5.74, 6) is 1.01. The second kappa shape index (κ2) is 7.31. The van der Waals surface area contributed by atoms with Crippen LogP contribution in [0.25, 0.3) is 11.4 Å². The Balaban J connectivity index is 1.92. The van der Waals surface area contributed by atoms with E-state index in [9.17, 15) is 20.2 Å². The molecule has 0 saturated heterocycles. The predicted octanol–water partition coefficient (Wildman–Crippen LogP) is 3.59. The minimum absolute atomic E-state index is 0.271. The molecule has 0 atom stereocenters. The summed E-state index contributed by atoms with van der Waals surface area (Å²) in [4.78, 5) is 20.8. The quantitative estimate of drug-likeness (QED) is 0.369. The van der Waals surface area contributed by atoms with Gasteiger partial charge < -0.3 is 4.57 Å². The molecule has 1 heterocycles. The molecular formula is C16H13N5O4S. The zero-order valence-corrected chi connectivity index (χ0v) is 14.4. The largest absolute Gasteiger partial charge is 0.305 e. The fourth-order valence-electron chi connectivity index (χ4n) is 2.35. The Morgan fingerprint density at radius 3 is 2.19 bits per heavy atom. The van der Waals surface area contributed by atoms with Gasteiger partial charge in [0.25, 0.3) is 11.4 Å². The summed E-state index contributed by atoms with van der Waals surface area (Å²) in [5.41, 5.74) is 0.659. The van der Waals surface area contributed by atoms with Gasteiger partial charge in [-0.25, -0.2) is 0 Å². The lowest BCUT2D eigenvalue weighted by Crippen LogP contribution is -1.98. The number of hydrogen-bond donors (Lipinski definition) is 0. The van der Waals surface area contributed by atoms with Gasteiger partial charge in [-0.2, -0.15) is 0 Å². The molecule has 132 valence electrons. The Labute approximate surface area is 152 Å². The van der Waals surface area contributed by atoms with Crippen LogP contribution in [0.5, 0.6) is 0 Å². The Kier molecular flexibility index (Phi) is 4.94. The number of hydrogen-bond acceptors (Lipinski definition) is 7. The highest BCUT2D eigenvalue weighted by molar-refractivity contribution is 7.98. The van der Waals surface area contributed by atoms with Gasteiger partial charge in [0, 0.05) is 30.5 Å². The van der Waals surface area contributed by atoms with E-state index in [1.54, 1.807) is 11.6 Å². The monoisotopic (exact) mass is 371 g/mol.